The Bertz CT molecular complexity index is 1300. The van der Waals surface area contributed by atoms with Gasteiger partial charge in [0.15, 0.2) is 5.65 Å². The molecule has 146 valence electrons. The van der Waals surface area contributed by atoms with Gasteiger partial charge in [-0.15, -0.1) is 0 Å². The largest absolute Gasteiger partial charge is 0.457 e. The fourth-order valence-electron chi connectivity index (χ4n) is 3.23. The summed E-state index contributed by atoms with van der Waals surface area (Å²) in [5.41, 5.74) is 10.2. The number of para-hydroxylation sites is 1. The zero-order valence-corrected chi connectivity index (χ0v) is 16.1. The molecule has 0 saturated heterocycles. The highest BCUT2D eigenvalue weighted by molar-refractivity contribution is 5.79. The number of anilines is 3. The van der Waals surface area contributed by atoms with Gasteiger partial charge in [0.25, 0.3) is 0 Å². The summed E-state index contributed by atoms with van der Waals surface area (Å²) in [4.78, 5) is 4.74. The number of nitrogens with one attached hydrogen (secondary N) is 1. The molecule has 2 aromatic heterocycles. The summed E-state index contributed by atoms with van der Waals surface area (Å²) < 4.78 is 7.59. The molecule has 0 radical (unpaired) electrons. The van der Waals surface area contributed by atoms with Gasteiger partial charge >= 0.3 is 0 Å². The number of nitrogens with two attached hydrogens (primary N) is 1. The Balaban J connectivity index is 1.38. The lowest BCUT2D eigenvalue weighted by Crippen LogP contribution is -1.97. The van der Waals surface area contributed by atoms with Crippen molar-refractivity contribution in [1.82, 2.24) is 14.6 Å². The number of fused-ring (bicyclic) bond motifs is 1. The minimum Gasteiger partial charge on any atom is -0.457 e. The van der Waals surface area contributed by atoms with Crippen LogP contribution in [0.15, 0.2) is 97.3 Å². The van der Waals surface area contributed by atoms with Gasteiger partial charge in [-0.1, -0.05) is 30.3 Å². The molecule has 30 heavy (non-hydrogen) atoms. The van der Waals surface area contributed by atoms with Gasteiger partial charge in [-0.3, -0.25) is 0 Å². The topological polar surface area (TPSA) is 77.5 Å². The predicted molar refractivity (Wildman–Crippen MR) is 119 cm³/mol. The van der Waals surface area contributed by atoms with Gasteiger partial charge in [-0.05, 0) is 60.2 Å². The highest BCUT2D eigenvalue weighted by atomic mass is 16.5. The van der Waals surface area contributed by atoms with E-state index >= 15 is 0 Å². The molecule has 6 heteroatoms. The molecule has 3 aromatic carbocycles. The average Bonchev–Trinajstić information content (AvgIpc) is 3.19. The summed E-state index contributed by atoms with van der Waals surface area (Å²) >= 11 is 0. The van der Waals surface area contributed by atoms with E-state index in [-0.39, 0.29) is 0 Å². The van der Waals surface area contributed by atoms with Crippen molar-refractivity contribution in [3.8, 4) is 22.6 Å². The van der Waals surface area contributed by atoms with Crippen LogP contribution in [0.1, 0.15) is 0 Å². The molecule has 5 aromatic rings. The van der Waals surface area contributed by atoms with Crippen molar-refractivity contribution in [3.63, 3.8) is 0 Å². The molecule has 0 saturated carbocycles. The van der Waals surface area contributed by atoms with Crippen LogP contribution in [0.2, 0.25) is 0 Å². The molecule has 0 bridgehead atoms. The maximum atomic E-state index is 5.93. The van der Waals surface area contributed by atoms with Crippen LogP contribution < -0.4 is 15.8 Å². The first-order valence-electron chi connectivity index (χ1n) is 9.55. The molecule has 0 fully saturated rings. The van der Waals surface area contributed by atoms with Crippen LogP contribution in [0, 0.1) is 0 Å². The summed E-state index contributed by atoms with van der Waals surface area (Å²) in [5, 5.41) is 7.73. The van der Waals surface area contributed by atoms with Gasteiger partial charge in [0.05, 0.1) is 6.20 Å². The van der Waals surface area contributed by atoms with Crippen molar-refractivity contribution in [2.24, 2.45) is 0 Å². The first kappa shape index (κ1) is 17.8. The first-order chi connectivity index (χ1) is 14.7. The minimum absolute atomic E-state index is 0.707. The van der Waals surface area contributed by atoms with Gasteiger partial charge in [-0.25, -0.2) is 9.50 Å². The third-order valence-corrected chi connectivity index (χ3v) is 4.67. The monoisotopic (exact) mass is 393 g/mol. The smallest absolute Gasteiger partial charge is 0.165 e. The Morgan fingerprint density at radius 1 is 0.833 bits per heavy atom. The number of nitrogens with zero attached hydrogens (tertiary/aromatic N) is 3. The van der Waals surface area contributed by atoms with E-state index < -0.39 is 0 Å². The lowest BCUT2D eigenvalue weighted by molar-refractivity contribution is 0.483. The number of benzene rings is 3. The molecule has 0 atom stereocenters. The summed E-state index contributed by atoms with van der Waals surface area (Å²) in [6, 6.07) is 27.1. The normalized spacial score (nSPS) is 10.8. The third kappa shape index (κ3) is 3.66. The SMILES string of the molecule is Nc1cccc(-c2cnn3ccc(Nc4ccc(Oc5ccccc5)cc4)nc23)c1. The Morgan fingerprint density at radius 2 is 1.63 bits per heavy atom. The second kappa shape index (κ2) is 7.60. The second-order valence-corrected chi connectivity index (χ2v) is 6.83. The highest BCUT2D eigenvalue weighted by Crippen LogP contribution is 2.27. The number of aromatic nitrogens is 3. The van der Waals surface area contributed by atoms with Gasteiger partial charge in [0.1, 0.15) is 17.3 Å². The third-order valence-electron chi connectivity index (χ3n) is 4.67. The van der Waals surface area contributed by atoms with Crippen molar-refractivity contribution in [2.75, 3.05) is 11.1 Å². The van der Waals surface area contributed by atoms with Crippen molar-refractivity contribution >= 4 is 22.8 Å². The molecule has 6 nitrogen and oxygen atoms in total. The average molecular weight is 393 g/mol. The number of ether oxygens (including phenoxy) is 1. The van der Waals surface area contributed by atoms with E-state index in [1.165, 1.54) is 0 Å². The van der Waals surface area contributed by atoms with E-state index in [2.05, 4.69) is 10.4 Å². The number of hydrogen-bond donors (Lipinski definition) is 2. The molecular formula is C24H19N5O. The standard InChI is InChI=1S/C24H19N5O/c25-18-6-4-5-17(15-18)22-16-26-29-14-13-23(28-24(22)29)27-19-9-11-21(12-10-19)30-20-7-2-1-3-8-20/h1-16H,25H2,(H,27,28). The zero-order valence-electron chi connectivity index (χ0n) is 16.1. The summed E-state index contributed by atoms with van der Waals surface area (Å²) in [6.45, 7) is 0. The molecule has 0 aliphatic carbocycles. The van der Waals surface area contributed by atoms with Gasteiger partial charge < -0.3 is 15.8 Å². The molecule has 0 amide bonds. The van der Waals surface area contributed by atoms with Crippen LogP contribution in [0.25, 0.3) is 16.8 Å². The van der Waals surface area contributed by atoms with E-state index in [0.29, 0.717) is 5.69 Å². The molecule has 2 heterocycles. The number of hydrogen-bond acceptors (Lipinski definition) is 5. The Morgan fingerprint density at radius 3 is 2.43 bits per heavy atom. The maximum absolute atomic E-state index is 5.93. The van der Waals surface area contributed by atoms with Crippen molar-refractivity contribution in [3.05, 3.63) is 97.3 Å². The summed E-state index contributed by atoms with van der Waals surface area (Å²) in [5.74, 6) is 2.31. The van der Waals surface area contributed by atoms with E-state index in [4.69, 9.17) is 15.5 Å². The fourth-order valence-corrected chi connectivity index (χ4v) is 3.23. The predicted octanol–water partition coefficient (Wildman–Crippen LogP) is 5.51. The molecule has 0 aliphatic rings. The first-order valence-corrected chi connectivity index (χ1v) is 9.55. The maximum Gasteiger partial charge on any atom is 0.165 e. The van der Waals surface area contributed by atoms with E-state index in [1.807, 2.05) is 91.1 Å². The van der Waals surface area contributed by atoms with E-state index in [0.717, 1.165) is 39.8 Å². The quantitative estimate of drug-likeness (QED) is 0.385. The van der Waals surface area contributed by atoms with E-state index in [1.54, 1.807) is 10.7 Å². The van der Waals surface area contributed by atoms with Crippen LogP contribution in [0.3, 0.4) is 0 Å². The molecule has 0 unspecified atom stereocenters. The highest BCUT2D eigenvalue weighted by Gasteiger charge is 2.09. The number of nitrogen functional groups attached to an aromatic ring is 1. The fraction of sp³-hybridized carbons (Fsp3) is 0. The lowest BCUT2D eigenvalue weighted by atomic mass is 10.1. The van der Waals surface area contributed by atoms with Crippen LogP contribution in [-0.2, 0) is 0 Å². The molecule has 5 rings (SSSR count). The Labute approximate surface area is 173 Å². The van der Waals surface area contributed by atoms with Gasteiger partial charge in [0.2, 0.25) is 0 Å². The Kier molecular flexibility index (Phi) is 4.50. The lowest BCUT2D eigenvalue weighted by Gasteiger charge is -2.09. The second-order valence-electron chi connectivity index (χ2n) is 6.83. The van der Waals surface area contributed by atoms with Crippen LogP contribution >= 0.6 is 0 Å². The van der Waals surface area contributed by atoms with Crippen molar-refractivity contribution in [1.29, 1.82) is 0 Å². The molecule has 0 spiro atoms. The van der Waals surface area contributed by atoms with Crippen LogP contribution in [-0.4, -0.2) is 14.6 Å². The zero-order chi connectivity index (χ0) is 20.3. The van der Waals surface area contributed by atoms with Gasteiger partial charge in [0, 0.05) is 23.1 Å². The van der Waals surface area contributed by atoms with Crippen molar-refractivity contribution < 1.29 is 4.74 Å². The van der Waals surface area contributed by atoms with Crippen LogP contribution in [0.5, 0.6) is 11.5 Å². The molecule has 3 N–H and O–H groups in total. The number of rotatable bonds is 5. The minimum atomic E-state index is 0.707. The molecule has 0 aliphatic heterocycles. The van der Waals surface area contributed by atoms with Gasteiger partial charge in [-0.2, -0.15) is 5.10 Å². The van der Waals surface area contributed by atoms with Crippen LogP contribution in [0.4, 0.5) is 17.2 Å². The van der Waals surface area contributed by atoms with E-state index in [9.17, 15) is 0 Å². The molecular weight excluding hydrogens is 374 g/mol. The van der Waals surface area contributed by atoms with Crippen molar-refractivity contribution in [2.45, 2.75) is 0 Å². The Hall–Kier alpha value is -4.32. The summed E-state index contributed by atoms with van der Waals surface area (Å²) in [6.07, 6.45) is 3.68. The summed E-state index contributed by atoms with van der Waals surface area (Å²) in [7, 11) is 0.